The van der Waals surface area contributed by atoms with E-state index in [1.807, 2.05) is 0 Å². The van der Waals surface area contributed by atoms with Crippen molar-refractivity contribution in [3.05, 3.63) is 34.9 Å². The Morgan fingerprint density at radius 1 is 0.875 bits per heavy atom. The number of hydrogen-bond acceptors (Lipinski definition) is 1. The second-order valence-corrected chi connectivity index (χ2v) is 12.8. The van der Waals surface area contributed by atoms with Gasteiger partial charge in [-0.05, 0) is 66.2 Å². The molecular weight excluding hydrogens is 308 g/mol. The first-order chi connectivity index (χ1) is 11.1. The van der Waals surface area contributed by atoms with E-state index < -0.39 is 14.2 Å². The van der Waals surface area contributed by atoms with Crippen LogP contribution in [0.3, 0.4) is 0 Å². The van der Waals surface area contributed by atoms with Crippen LogP contribution in [0, 0.1) is 11.5 Å². The number of rotatable bonds is 9. The quantitative estimate of drug-likeness (QED) is 0.290. The van der Waals surface area contributed by atoms with Gasteiger partial charge in [0.15, 0.2) is 0 Å². The van der Waals surface area contributed by atoms with E-state index in [1.165, 1.54) is 16.7 Å². The lowest BCUT2D eigenvalue weighted by Crippen LogP contribution is -2.17. The van der Waals surface area contributed by atoms with Gasteiger partial charge in [-0.3, -0.25) is 0 Å². The zero-order valence-electron chi connectivity index (χ0n) is 17.0. The van der Waals surface area contributed by atoms with Gasteiger partial charge >= 0.3 is 0 Å². The number of allylic oxidation sites excluding steroid dienone is 6. The van der Waals surface area contributed by atoms with Crippen molar-refractivity contribution >= 4 is 8.07 Å². The van der Waals surface area contributed by atoms with Gasteiger partial charge in [-0.2, -0.15) is 0 Å². The molecular formula is C22H38OSi. The predicted molar refractivity (Wildman–Crippen MR) is 112 cm³/mol. The third-order valence-electron chi connectivity index (χ3n) is 3.67. The standard InChI is InChI=1S/C22H38OSi/c1-19(2)11-8-12-20(3)13-9-14-21(4)15-10-16-22(23)17-18-24(5,6)7/h11,13,15,22-23H,8-10,12,14,16H2,1-7H3/b20-13-,21-15-. The summed E-state index contributed by atoms with van der Waals surface area (Å²) in [6, 6.07) is 0. The van der Waals surface area contributed by atoms with Crippen LogP contribution in [0.5, 0.6) is 0 Å². The Morgan fingerprint density at radius 3 is 1.88 bits per heavy atom. The molecule has 0 spiro atoms. The zero-order chi connectivity index (χ0) is 18.6. The van der Waals surface area contributed by atoms with Crippen LogP contribution in [0.15, 0.2) is 34.9 Å². The van der Waals surface area contributed by atoms with Gasteiger partial charge < -0.3 is 5.11 Å². The lowest BCUT2D eigenvalue weighted by molar-refractivity contribution is 0.223. The van der Waals surface area contributed by atoms with Crippen molar-refractivity contribution in [1.29, 1.82) is 0 Å². The Labute approximate surface area is 152 Å². The SMILES string of the molecule is CC(C)=CCC/C(C)=C\CC/C(C)=C\CCC(O)C#C[Si](C)(C)C. The minimum atomic E-state index is -1.37. The van der Waals surface area contributed by atoms with Crippen LogP contribution in [0.1, 0.15) is 66.2 Å². The van der Waals surface area contributed by atoms with Crippen molar-refractivity contribution in [3.63, 3.8) is 0 Å². The van der Waals surface area contributed by atoms with E-state index >= 15 is 0 Å². The van der Waals surface area contributed by atoms with Gasteiger partial charge in [0.25, 0.3) is 0 Å². The van der Waals surface area contributed by atoms with E-state index in [1.54, 1.807) is 0 Å². The largest absolute Gasteiger partial charge is 0.380 e. The smallest absolute Gasteiger partial charge is 0.129 e. The Kier molecular flexibility index (Phi) is 11.8. The molecule has 0 aromatic rings. The molecule has 0 rings (SSSR count). The third kappa shape index (κ3) is 15.8. The molecule has 0 aromatic carbocycles. The van der Waals surface area contributed by atoms with Crippen molar-refractivity contribution < 1.29 is 5.11 Å². The fraction of sp³-hybridized carbons (Fsp3) is 0.636. The Bertz CT molecular complexity index is 502. The third-order valence-corrected chi connectivity index (χ3v) is 4.56. The molecule has 0 radical (unpaired) electrons. The van der Waals surface area contributed by atoms with Gasteiger partial charge in [0, 0.05) is 0 Å². The number of aliphatic hydroxyl groups is 1. The molecule has 1 atom stereocenters. The van der Waals surface area contributed by atoms with Gasteiger partial charge in [0.1, 0.15) is 14.2 Å². The van der Waals surface area contributed by atoms with Gasteiger partial charge in [-0.1, -0.05) is 60.5 Å². The van der Waals surface area contributed by atoms with Crippen molar-refractivity contribution in [1.82, 2.24) is 0 Å². The molecule has 0 amide bonds. The fourth-order valence-electron chi connectivity index (χ4n) is 2.20. The normalized spacial score (nSPS) is 14.0. The average molecular weight is 347 g/mol. The monoisotopic (exact) mass is 346 g/mol. The molecule has 24 heavy (non-hydrogen) atoms. The minimum Gasteiger partial charge on any atom is -0.380 e. The molecule has 0 aromatic heterocycles. The first-order valence-corrected chi connectivity index (χ1v) is 12.8. The lowest BCUT2D eigenvalue weighted by atomic mass is 10.1. The van der Waals surface area contributed by atoms with Gasteiger partial charge in [0.05, 0.1) is 0 Å². The molecule has 1 nitrogen and oxygen atoms in total. The number of hydrogen-bond donors (Lipinski definition) is 1. The maximum atomic E-state index is 9.90. The highest BCUT2D eigenvalue weighted by Gasteiger charge is 2.08. The molecule has 1 N–H and O–H groups in total. The summed E-state index contributed by atoms with van der Waals surface area (Å²) in [6.07, 6.45) is 12.6. The fourth-order valence-corrected chi connectivity index (χ4v) is 2.80. The summed E-state index contributed by atoms with van der Waals surface area (Å²) in [4.78, 5) is 0. The van der Waals surface area contributed by atoms with Crippen molar-refractivity contribution in [2.24, 2.45) is 0 Å². The van der Waals surface area contributed by atoms with E-state index in [0.717, 1.165) is 38.5 Å². The van der Waals surface area contributed by atoms with E-state index in [4.69, 9.17) is 0 Å². The van der Waals surface area contributed by atoms with E-state index in [9.17, 15) is 5.11 Å². The highest BCUT2D eigenvalue weighted by atomic mass is 28.3. The van der Waals surface area contributed by atoms with Crippen LogP contribution >= 0.6 is 0 Å². The summed E-state index contributed by atoms with van der Waals surface area (Å²) < 4.78 is 0. The van der Waals surface area contributed by atoms with Crippen LogP contribution in [0.25, 0.3) is 0 Å². The van der Waals surface area contributed by atoms with Crippen LogP contribution in [-0.4, -0.2) is 19.3 Å². The molecule has 1 unspecified atom stereocenters. The zero-order valence-corrected chi connectivity index (χ0v) is 18.0. The molecule has 0 aliphatic carbocycles. The number of aliphatic hydroxyl groups excluding tert-OH is 1. The van der Waals surface area contributed by atoms with Gasteiger partial charge in [0.2, 0.25) is 0 Å². The van der Waals surface area contributed by atoms with Crippen molar-refractivity contribution in [2.75, 3.05) is 0 Å². The second kappa shape index (κ2) is 12.3. The van der Waals surface area contributed by atoms with Gasteiger partial charge in [-0.15, -0.1) is 5.54 Å². The summed E-state index contributed by atoms with van der Waals surface area (Å²) in [5.41, 5.74) is 7.53. The first-order valence-electron chi connectivity index (χ1n) is 9.25. The molecule has 0 saturated heterocycles. The highest BCUT2D eigenvalue weighted by molar-refractivity contribution is 6.83. The van der Waals surface area contributed by atoms with Crippen LogP contribution < -0.4 is 0 Å². The molecule has 2 heteroatoms. The average Bonchev–Trinajstić information content (AvgIpc) is 2.44. The highest BCUT2D eigenvalue weighted by Crippen LogP contribution is 2.12. The maximum absolute atomic E-state index is 9.90. The van der Waals surface area contributed by atoms with E-state index in [0.29, 0.717) is 0 Å². The van der Waals surface area contributed by atoms with Gasteiger partial charge in [-0.25, -0.2) is 0 Å². The summed E-state index contributed by atoms with van der Waals surface area (Å²) in [5, 5.41) is 9.90. The Hall–Kier alpha value is -1.04. The summed E-state index contributed by atoms with van der Waals surface area (Å²) >= 11 is 0. The van der Waals surface area contributed by atoms with Crippen molar-refractivity contribution in [3.8, 4) is 11.5 Å². The topological polar surface area (TPSA) is 20.2 Å². The van der Waals surface area contributed by atoms with Crippen LogP contribution in [0.4, 0.5) is 0 Å². The maximum Gasteiger partial charge on any atom is 0.129 e. The molecule has 0 fully saturated rings. The Morgan fingerprint density at radius 2 is 1.38 bits per heavy atom. The van der Waals surface area contributed by atoms with Crippen LogP contribution in [0.2, 0.25) is 19.6 Å². The minimum absolute atomic E-state index is 0.474. The molecule has 0 heterocycles. The molecule has 0 aliphatic rings. The lowest BCUT2D eigenvalue weighted by Gasteiger charge is -2.06. The molecule has 0 saturated carbocycles. The van der Waals surface area contributed by atoms with E-state index in [-0.39, 0.29) is 0 Å². The first kappa shape index (κ1) is 23.0. The predicted octanol–water partition coefficient (Wildman–Crippen LogP) is 6.43. The molecule has 0 aliphatic heterocycles. The van der Waals surface area contributed by atoms with Crippen molar-refractivity contribution in [2.45, 2.75) is 92.0 Å². The summed E-state index contributed by atoms with van der Waals surface area (Å²) in [5.74, 6) is 3.01. The second-order valence-electron chi connectivity index (χ2n) is 8.07. The summed E-state index contributed by atoms with van der Waals surface area (Å²) in [6.45, 7) is 15.3. The summed E-state index contributed by atoms with van der Waals surface area (Å²) in [7, 11) is -1.37. The molecule has 136 valence electrons. The van der Waals surface area contributed by atoms with Crippen LogP contribution in [-0.2, 0) is 0 Å². The van der Waals surface area contributed by atoms with E-state index in [2.05, 4.69) is 77.0 Å². The Balaban J connectivity index is 4.06. The molecule has 0 bridgehead atoms.